The number of hydrogen-bond acceptors (Lipinski definition) is 11. The van der Waals surface area contributed by atoms with E-state index in [1.165, 1.54) is 18.5 Å². The normalized spacial score (nSPS) is 11.2. The number of imidazole rings is 1. The maximum Gasteiger partial charge on any atom is 0.277 e. The number of nitrogens with one attached hydrogen (secondary N) is 2. The number of aromatic nitrogens is 7. The molecule has 0 bridgehead atoms. The summed E-state index contributed by atoms with van der Waals surface area (Å²) in [6.45, 7) is 6.92. The molecule has 0 spiro atoms. The molecule has 44 heavy (non-hydrogen) atoms. The summed E-state index contributed by atoms with van der Waals surface area (Å²) in [6, 6.07) is 6.55. The van der Waals surface area contributed by atoms with E-state index >= 15 is 4.39 Å². The van der Waals surface area contributed by atoms with Crippen molar-refractivity contribution in [3.8, 4) is 11.3 Å². The van der Waals surface area contributed by atoms with Gasteiger partial charge in [-0.2, -0.15) is 0 Å². The van der Waals surface area contributed by atoms with E-state index in [2.05, 4.69) is 35.2 Å². The first-order chi connectivity index (χ1) is 21.0. The predicted octanol–water partition coefficient (Wildman–Crippen LogP) is 4.28. The van der Waals surface area contributed by atoms with Gasteiger partial charge in [0.25, 0.3) is 5.91 Å². The first-order valence-corrected chi connectivity index (χ1v) is 13.7. The number of pyridine rings is 1. The van der Waals surface area contributed by atoms with Gasteiger partial charge in [-0.15, -0.1) is 0 Å². The van der Waals surface area contributed by atoms with Gasteiger partial charge < -0.3 is 19.7 Å². The number of nitrogens with zero attached hydrogens (tertiary/aromatic N) is 9. The van der Waals surface area contributed by atoms with Gasteiger partial charge in [-0.05, 0) is 45.0 Å². The summed E-state index contributed by atoms with van der Waals surface area (Å²) in [5, 5.41) is 11.7. The molecule has 0 saturated carbocycles. The van der Waals surface area contributed by atoms with E-state index in [-0.39, 0.29) is 34.3 Å². The van der Waals surface area contributed by atoms with Gasteiger partial charge in [-0.3, -0.25) is 10.0 Å². The minimum atomic E-state index is -0.687. The van der Waals surface area contributed by atoms with Gasteiger partial charge in [-0.25, -0.2) is 44.2 Å². The lowest BCUT2D eigenvalue weighted by Gasteiger charge is -2.23. The maximum absolute atomic E-state index is 15.0. The van der Waals surface area contributed by atoms with Crippen molar-refractivity contribution in [3.05, 3.63) is 72.1 Å². The van der Waals surface area contributed by atoms with Crippen LogP contribution in [0, 0.1) is 18.6 Å². The number of benzene rings is 1. The first-order valence-electron chi connectivity index (χ1n) is 13.7. The molecule has 5 aromatic rings. The second kappa shape index (κ2) is 12.5. The molecule has 0 saturated heterocycles. The lowest BCUT2D eigenvalue weighted by molar-refractivity contribution is 0.0705. The molecule has 228 valence electrons. The summed E-state index contributed by atoms with van der Waals surface area (Å²) in [6.07, 6.45) is 5.37. The average Bonchev–Trinajstić information content (AvgIpc) is 3.37. The number of rotatable bonds is 10. The molecular formula is C29H31F2N11O2. The van der Waals surface area contributed by atoms with Crippen molar-refractivity contribution in [1.82, 2.24) is 40.0 Å². The molecule has 13 nitrogen and oxygen atoms in total. The maximum atomic E-state index is 15.0. The topological polar surface area (TPSA) is 150 Å². The van der Waals surface area contributed by atoms with Crippen molar-refractivity contribution < 1.29 is 18.8 Å². The van der Waals surface area contributed by atoms with Gasteiger partial charge in [-0.1, -0.05) is 0 Å². The zero-order valence-corrected chi connectivity index (χ0v) is 24.7. The lowest BCUT2D eigenvalue weighted by Crippen LogP contribution is -2.31. The van der Waals surface area contributed by atoms with E-state index < -0.39 is 17.5 Å². The van der Waals surface area contributed by atoms with Crippen LogP contribution < -0.4 is 20.6 Å². The quantitative estimate of drug-likeness (QED) is 0.155. The highest BCUT2D eigenvalue weighted by molar-refractivity contribution is 5.92. The van der Waals surface area contributed by atoms with Crippen LogP contribution in [0.4, 0.5) is 32.2 Å². The Kier molecular flexibility index (Phi) is 8.57. The third-order valence-corrected chi connectivity index (χ3v) is 7.00. The molecule has 0 radical (unpaired) electrons. The SMILES string of the molecule is Cc1nc2c(F)cc(-c3nc(Nc4ccc(N(C)CCN(C)c5ncc(C(=O)NO)cn5)cn4)ncc3F)cc2n1C(C)C. The number of aryl methyl sites for hydroxylation is 1. The Balaban J connectivity index is 1.26. The summed E-state index contributed by atoms with van der Waals surface area (Å²) in [5.74, 6) is -0.299. The third-order valence-electron chi connectivity index (χ3n) is 7.00. The number of halogens is 2. The standard InChI is InChI=1S/C29H31F2N11O2/c1-16(2)42-17(3)36-26-21(30)10-18(11-23(26)42)25-22(31)15-33-28(38-25)37-24-7-6-20(14-32-24)40(4)8-9-41(5)29-34-12-19(13-35-29)27(43)39-44/h6-7,10-16,44H,8-9H2,1-5H3,(H,39,43)(H,32,33,37,38). The van der Waals surface area contributed by atoms with Crippen molar-refractivity contribution in [2.24, 2.45) is 0 Å². The Morgan fingerprint density at radius 3 is 2.34 bits per heavy atom. The molecule has 3 N–H and O–H groups in total. The molecular weight excluding hydrogens is 572 g/mol. The number of carbonyl (C=O) groups is 1. The summed E-state index contributed by atoms with van der Waals surface area (Å²) in [4.78, 5) is 40.7. The average molecular weight is 604 g/mol. The van der Waals surface area contributed by atoms with Crippen molar-refractivity contribution in [2.45, 2.75) is 26.8 Å². The highest BCUT2D eigenvalue weighted by Gasteiger charge is 2.19. The van der Waals surface area contributed by atoms with Crippen LogP contribution in [-0.4, -0.2) is 72.8 Å². The smallest absolute Gasteiger partial charge is 0.277 e. The van der Waals surface area contributed by atoms with Crippen LogP contribution in [0.5, 0.6) is 0 Å². The van der Waals surface area contributed by atoms with Gasteiger partial charge in [0.15, 0.2) is 11.6 Å². The fourth-order valence-electron chi connectivity index (χ4n) is 4.72. The van der Waals surface area contributed by atoms with Crippen LogP contribution in [0.15, 0.2) is 49.1 Å². The van der Waals surface area contributed by atoms with Gasteiger partial charge >= 0.3 is 0 Å². The Morgan fingerprint density at radius 2 is 1.68 bits per heavy atom. The number of likely N-dealkylation sites (N-methyl/N-ethyl adjacent to an activating group) is 2. The molecule has 5 rings (SSSR count). The van der Waals surface area contributed by atoms with E-state index in [0.29, 0.717) is 36.2 Å². The van der Waals surface area contributed by atoms with Gasteiger partial charge in [0.1, 0.15) is 22.9 Å². The van der Waals surface area contributed by atoms with E-state index in [1.807, 2.05) is 48.4 Å². The molecule has 0 unspecified atom stereocenters. The highest BCUT2D eigenvalue weighted by atomic mass is 19.1. The Bertz CT molecular complexity index is 1790. The van der Waals surface area contributed by atoms with E-state index in [0.717, 1.165) is 11.9 Å². The number of hydroxylamine groups is 1. The van der Waals surface area contributed by atoms with Crippen LogP contribution in [0.2, 0.25) is 0 Å². The molecule has 1 aromatic carbocycles. The molecule has 0 aliphatic rings. The predicted molar refractivity (Wildman–Crippen MR) is 161 cm³/mol. The van der Waals surface area contributed by atoms with Gasteiger partial charge in [0, 0.05) is 51.2 Å². The van der Waals surface area contributed by atoms with Crippen molar-refractivity contribution in [2.75, 3.05) is 42.3 Å². The van der Waals surface area contributed by atoms with Crippen molar-refractivity contribution in [1.29, 1.82) is 0 Å². The molecule has 1 amide bonds. The van der Waals surface area contributed by atoms with Crippen molar-refractivity contribution in [3.63, 3.8) is 0 Å². The molecule has 0 aliphatic heterocycles. The zero-order valence-electron chi connectivity index (χ0n) is 24.7. The molecule has 0 aliphatic carbocycles. The Hall–Kier alpha value is -5.31. The van der Waals surface area contributed by atoms with Crippen LogP contribution in [0.25, 0.3) is 22.3 Å². The number of hydrogen-bond donors (Lipinski definition) is 3. The zero-order chi connectivity index (χ0) is 31.5. The fourth-order valence-corrected chi connectivity index (χ4v) is 4.72. The highest BCUT2D eigenvalue weighted by Crippen LogP contribution is 2.30. The van der Waals surface area contributed by atoms with Crippen LogP contribution >= 0.6 is 0 Å². The van der Waals surface area contributed by atoms with Crippen molar-refractivity contribution >= 4 is 40.3 Å². The Morgan fingerprint density at radius 1 is 0.955 bits per heavy atom. The molecule has 15 heteroatoms. The second-order valence-electron chi connectivity index (χ2n) is 10.4. The number of amides is 1. The van der Waals surface area contributed by atoms with E-state index in [9.17, 15) is 9.18 Å². The summed E-state index contributed by atoms with van der Waals surface area (Å²) in [7, 11) is 3.73. The molecule has 0 atom stereocenters. The summed E-state index contributed by atoms with van der Waals surface area (Å²) >= 11 is 0. The van der Waals surface area contributed by atoms with Crippen LogP contribution in [0.3, 0.4) is 0 Å². The third kappa shape index (κ3) is 6.22. The monoisotopic (exact) mass is 603 g/mol. The molecule has 4 heterocycles. The summed E-state index contributed by atoms with van der Waals surface area (Å²) < 4.78 is 31.8. The molecule has 4 aromatic heterocycles. The van der Waals surface area contributed by atoms with E-state index in [1.54, 1.807) is 30.7 Å². The summed E-state index contributed by atoms with van der Waals surface area (Å²) in [5.41, 5.74) is 3.53. The van der Waals surface area contributed by atoms with E-state index in [4.69, 9.17) is 5.21 Å². The number of carbonyl (C=O) groups excluding carboxylic acids is 1. The Labute approximate surface area is 251 Å². The molecule has 0 fully saturated rings. The van der Waals surface area contributed by atoms with Crippen LogP contribution in [0.1, 0.15) is 36.1 Å². The minimum absolute atomic E-state index is 0.0337. The minimum Gasteiger partial charge on any atom is -0.372 e. The first kappa shape index (κ1) is 30.2. The largest absolute Gasteiger partial charge is 0.372 e. The fraction of sp³-hybridized carbons (Fsp3) is 0.276. The number of fused-ring (bicyclic) bond motifs is 1. The number of anilines is 4. The van der Waals surface area contributed by atoms with Gasteiger partial charge in [0.2, 0.25) is 11.9 Å². The van der Waals surface area contributed by atoms with Crippen LogP contribution in [-0.2, 0) is 0 Å². The second-order valence-corrected chi connectivity index (χ2v) is 10.4. The lowest BCUT2D eigenvalue weighted by atomic mass is 10.1. The van der Waals surface area contributed by atoms with Gasteiger partial charge in [0.05, 0.1) is 29.2 Å².